The van der Waals surface area contributed by atoms with Crippen LogP contribution in [0, 0.1) is 17.8 Å². The molecule has 2 aliphatic rings. The highest BCUT2D eigenvalue weighted by atomic mass is 16.1. The molecule has 1 saturated carbocycles. The molecule has 0 aromatic rings. The number of nitrogens with zero attached hydrogens (tertiary/aromatic N) is 1. The maximum Gasteiger partial charge on any atom is 0.223 e. The molecule has 1 heterocycles. The molecule has 0 aromatic heterocycles. The van der Waals surface area contributed by atoms with Crippen LogP contribution in [0.1, 0.15) is 45.4 Å². The van der Waals surface area contributed by atoms with Gasteiger partial charge in [-0.1, -0.05) is 6.92 Å². The topological polar surface area (TPSA) is 58.4 Å². The summed E-state index contributed by atoms with van der Waals surface area (Å²) in [6.45, 7) is 5.45. The van der Waals surface area contributed by atoms with Crippen molar-refractivity contribution in [2.75, 3.05) is 26.7 Å². The smallest absolute Gasteiger partial charge is 0.223 e. The molecule has 0 bridgehead atoms. The first-order chi connectivity index (χ1) is 9.54. The van der Waals surface area contributed by atoms with E-state index in [1.54, 1.807) is 0 Å². The third-order valence-corrected chi connectivity index (χ3v) is 5.04. The third-order valence-electron chi connectivity index (χ3n) is 5.04. The van der Waals surface area contributed by atoms with Gasteiger partial charge in [0.15, 0.2) is 0 Å². The number of amides is 1. The average molecular weight is 281 g/mol. The summed E-state index contributed by atoms with van der Waals surface area (Å²) >= 11 is 0. The Morgan fingerprint density at radius 3 is 2.60 bits per heavy atom. The first kappa shape index (κ1) is 15.8. The van der Waals surface area contributed by atoms with Gasteiger partial charge in [-0.25, -0.2) is 0 Å². The fourth-order valence-electron chi connectivity index (χ4n) is 3.77. The second-order valence-electron chi connectivity index (χ2n) is 7.10. The zero-order chi connectivity index (χ0) is 14.5. The van der Waals surface area contributed by atoms with Crippen LogP contribution in [0.4, 0.5) is 0 Å². The molecule has 1 saturated heterocycles. The average Bonchev–Trinajstić information content (AvgIpc) is 2.40. The Morgan fingerprint density at radius 2 is 1.95 bits per heavy atom. The van der Waals surface area contributed by atoms with Crippen LogP contribution in [0.15, 0.2) is 0 Å². The number of hydrogen-bond donors (Lipinski definition) is 2. The third kappa shape index (κ3) is 4.74. The fraction of sp³-hybridized carbons (Fsp3) is 0.938. The van der Waals surface area contributed by atoms with E-state index in [1.807, 2.05) is 0 Å². The summed E-state index contributed by atoms with van der Waals surface area (Å²) in [5.74, 6) is 1.76. The molecule has 2 fully saturated rings. The second kappa shape index (κ2) is 7.41. The number of carbonyl (C=O) groups excluding carboxylic acids is 1. The first-order valence-electron chi connectivity index (χ1n) is 8.26. The van der Waals surface area contributed by atoms with Crippen molar-refractivity contribution in [1.29, 1.82) is 0 Å². The van der Waals surface area contributed by atoms with Crippen molar-refractivity contribution < 1.29 is 4.79 Å². The number of likely N-dealkylation sites (tertiary alicyclic amines) is 1. The van der Waals surface area contributed by atoms with E-state index in [9.17, 15) is 4.79 Å². The van der Waals surface area contributed by atoms with E-state index >= 15 is 0 Å². The molecule has 4 nitrogen and oxygen atoms in total. The van der Waals surface area contributed by atoms with E-state index in [2.05, 4.69) is 24.2 Å². The lowest BCUT2D eigenvalue weighted by Crippen LogP contribution is -2.41. The van der Waals surface area contributed by atoms with Crippen LogP contribution in [0.25, 0.3) is 0 Å². The van der Waals surface area contributed by atoms with Crippen molar-refractivity contribution in [1.82, 2.24) is 10.2 Å². The number of carbonyl (C=O) groups is 1. The number of hydrogen-bond acceptors (Lipinski definition) is 3. The van der Waals surface area contributed by atoms with Gasteiger partial charge in [0, 0.05) is 18.5 Å². The lowest BCUT2D eigenvalue weighted by molar-refractivity contribution is -0.126. The Balaban J connectivity index is 1.64. The zero-order valence-corrected chi connectivity index (χ0v) is 13.1. The van der Waals surface area contributed by atoms with Crippen LogP contribution in [-0.2, 0) is 4.79 Å². The van der Waals surface area contributed by atoms with E-state index in [0.717, 1.165) is 38.1 Å². The van der Waals surface area contributed by atoms with Crippen molar-refractivity contribution in [3.8, 4) is 0 Å². The number of nitrogens with two attached hydrogens (primary N) is 1. The fourth-order valence-corrected chi connectivity index (χ4v) is 3.77. The lowest BCUT2D eigenvalue weighted by Gasteiger charge is -2.31. The minimum atomic E-state index is 0.145. The normalized spacial score (nSPS) is 33.0. The maximum atomic E-state index is 12.2. The Labute approximate surface area is 123 Å². The molecule has 3 atom stereocenters. The molecule has 0 aromatic carbocycles. The van der Waals surface area contributed by atoms with Crippen LogP contribution in [0.2, 0.25) is 0 Å². The standard InChI is InChI=1S/C16H31N3O/c1-12-9-14(11-15(17)10-12)16(20)18-6-3-13-4-7-19(2)8-5-13/h12-15H,3-11,17H2,1-2H3,(H,18,20). The van der Waals surface area contributed by atoms with Gasteiger partial charge < -0.3 is 16.0 Å². The van der Waals surface area contributed by atoms with Crippen molar-refractivity contribution in [2.45, 2.75) is 51.5 Å². The summed E-state index contributed by atoms with van der Waals surface area (Å²) in [6, 6.07) is 0.211. The SMILES string of the molecule is CC1CC(N)CC(C(=O)NCCC2CCN(C)CC2)C1. The number of piperidine rings is 1. The molecular formula is C16H31N3O. The maximum absolute atomic E-state index is 12.2. The van der Waals surface area contributed by atoms with Crippen LogP contribution < -0.4 is 11.1 Å². The molecule has 116 valence electrons. The summed E-state index contributed by atoms with van der Waals surface area (Å²) in [7, 11) is 2.19. The quantitative estimate of drug-likeness (QED) is 0.823. The number of nitrogens with one attached hydrogen (secondary N) is 1. The minimum Gasteiger partial charge on any atom is -0.356 e. The predicted octanol–water partition coefficient (Wildman–Crippen LogP) is 1.60. The summed E-state index contributed by atoms with van der Waals surface area (Å²) in [5.41, 5.74) is 6.03. The molecule has 3 N–H and O–H groups in total. The van der Waals surface area contributed by atoms with E-state index in [0.29, 0.717) is 5.92 Å². The molecular weight excluding hydrogens is 250 g/mol. The van der Waals surface area contributed by atoms with E-state index in [-0.39, 0.29) is 17.9 Å². The molecule has 1 amide bonds. The highest BCUT2D eigenvalue weighted by Crippen LogP contribution is 2.28. The van der Waals surface area contributed by atoms with Crippen molar-refractivity contribution in [3.05, 3.63) is 0 Å². The molecule has 1 aliphatic carbocycles. The molecule has 4 heteroatoms. The molecule has 2 rings (SSSR count). The highest BCUT2D eigenvalue weighted by molar-refractivity contribution is 5.78. The molecule has 0 spiro atoms. The highest BCUT2D eigenvalue weighted by Gasteiger charge is 2.29. The monoisotopic (exact) mass is 281 g/mol. The van der Waals surface area contributed by atoms with Crippen LogP contribution in [-0.4, -0.2) is 43.5 Å². The summed E-state index contributed by atoms with van der Waals surface area (Å²) in [6.07, 6.45) is 6.63. The van der Waals surface area contributed by atoms with Gasteiger partial charge in [-0.3, -0.25) is 4.79 Å². The summed E-state index contributed by atoms with van der Waals surface area (Å²) in [5, 5.41) is 3.14. The first-order valence-corrected chi connectivity index (χ1v) is 8.26. The van der Waals surface area contributed by atoms with E-state index < -0.39 is 0 Å². The van der Waals surface area contributed by atoms with Gasteiger partial charge in [0.1, 0.15) is 0 Å². The summed E-state index contributed by atoms with van der Waals surface area (Å²) in [4.78, 5) is 14.6. The summed E-state index contributed by atoms with van der Waals surface area (Å²) < 4.78 is 0. The van der Waals surface area contributed by atoms with Gasteiger partial charge in [-0.05, 0) is 70.5 Å². The van der Waals surface area contributed by atoms with Crippen molar-refractivity contribution in [2.24, 2.45) is 23.5 Å². The van der Waals surface area contributed by atoms with Gasteiger partial charge in [0.25, 0.3) is 0 Å². The van der Waals surface area contributed by atoms with E-state index in [4.69, 9.17) is 5.73 Å². The van der Waals surface area contributed by atoms with Gasteiger partial charge in [-0.2, -0.15) is 0 Å². The second-order valence-corrected chi connectivity index (χ2v) is 7.10. The molecule has 3 unspecified atom stereocenters. The van der Waals surface area contributed by atoms with Crippen LogP contribution in [0.5, 0.6) is 0 Å². The molecule has 1 aliphatic heterocycles. The predicted molar refractivity (Wildman–Crippen MR) is 82.3 cm³/mol. The van der Waals surface area contributed by atoms with Crippen molar-refractivity contribution in [3.63, 3.8) is 0 Å². The van der Waals surface area contributed by atoms with Gasteiger partial charge in [0.05, 0.1) is 0 Å². The van der Waals surface area contributed by atoms with Crippen molar-refractivity contribution >= 4 is 5.91 Å². The number of rotatable bonds is 4. The minimum absolute atomic E-state index is 0.145. The lowest BCUT2D eigenvalue weighted by atomic mass is 9.79. The van der Waals surface area contributed by atoms with Gasteiger partial charge in [-0.15, -0.1) is 0 Å². The van der Waals surface area contributed by atoms with Gasteiger partial charge >= 0.3 is 0 Å². The zero-order valence-electron chi connectivity index (χ0n) is 13.1. The Morgan fingerprint density at radius 1 is 1.25 bits per heavy atom. The Bertz CT molecular complexity index is 303. The molecule has 20 heavy (non-hydrogen) atoms. The van der Waals surface area contributed by atoms with Crippen LogP contribution in [0.3, 0.4) is 0 Å². The van der Waals surface area contributed by atoms with E-state index in [1.165, 1.54) is 25.9 Å². The molecule has 0 radical (unpaired) electrons. The largest absolute Gasteiger partial charge is 0.356 e. The van der Waals surface area contributed by atoms with Crippen LogP contribution >= 0.6 is 0 Å². The Kier molecular flexibility index (Phi) is 5.85. The van der Waals surface area contributed by atoms with Gasteiger partial charge in [0.2, 0.25) is 5.91 Å². The Hall–Kier alpha value is -0.610.